The average molecular weight is 252 g/mol. The molecule has 0 aliphatic carbocycles. The molecule has 1 aromatic rings. The lowest BCUT2D eigenvalue weighted by molar-refractivity contribution is -0.151. The average Bonchev–Trinajstić information content (AvgIpc) is 2.81. The Morgan fingerprint density at radius 2 is 2.39 bits per heavy atom. The third kappa shape index (κ3) is 2.35. The highest BCUT2D eigenvalue weighted by molar-refractivity contribution is 5.84. The van der Waals surface area contributed by atoms with Gasteiger partial charge in [-0.25, -0.2) is 9.78 Å². The number of amides is 1. The summed E-state index contributed by atoms with van der Waals surface area (Å²) >= 11 is 0. The molecule has 1 aromatic heterocycles. The van der Waals surface area contributed by atoms with E-state index in [1.807, 2.05) is 0 Å². The van der Waals surface area contributed by atoms with E-state index in [1.54, 1.807) is 0 Å². The number of nitrogens with two attached hydrogens (primary N) is 1. The Hall–Kier alpha value is -1.89. The predicted octanol–water partition coefficient (Wildman–Crippen LogP) is -0.513. The van der Waals surface area contributed by atoms with Crippen LogP contribution in [0.3, 0.4) is 0 Å². The standard InChI is InChI=1S/C11H16N4O3/c12-3-1-2-10(16)15-5-8-7(13-6-14-8)4-9(15)11(17)18/h6,9H,1-5,12H2,(H,13,14)(H,17,18). The normalized spacial score (nSPS) is 18.5. The number of aromatic nitrogens is 2. The van der Waals surface area contributed by atoms with Gasteiger partial charge < -0.3 is 20.7 Å². The molecule has 0 fully saturated rings. The van der Waals surface area contributed by atoms with Crippen LogP contribution in [0.15, 0.2) is 6.33 Å². The minimum atomic E-state index is -0.996. The first-order valence-electron chi connectivity index (χ1n) is 5.87. The summed E-state index contributed by atoms with van der Waals surface area (Å²) in [5.41, 5.74) is 6.90. The van der Waals surface area contributed by atoms with E-state index in [1.165, 1.54) is 11.2 Å². The molecule has 2 heterocycles. The van der Waals surface area contributed by atoms with Crippen molar-refractivity contribution >= 4 is 11.9 Å². The number of carboxylic acid groups (broad SMARTS) is 1. The van der Waals surface area contributed by atoms with Gasteiger partial charge in [-0.1, -0.05) is 0 Å². The van der Waals surface area contributed by atoms with Crippen molar-refractivity contribution < 1.29 is 14.7 Å². The molecule has 0 saturated carbocycles. The van der Waals surface area contributed by atoms with Gasteiger partial charge in [-0.05, 0) is 13.0 Å². The number of carbonyl (C=O) groups excluding carboxylic acids is 1. The number of fused-ring (bicyclic) bond motifs is 1. The fourth-order valence-corrected chi connectivity index (χ4v) is 2.12. The molecule has 0 radical (unpaired) electrons. The molecular weight excluding hydrogens is 236 g/mol. The van der Waals surface area contributed by atoms with Crippen molar-refractivity contribution in [3.63, 3.8) is 0 Å². The van der Waals surface area contributed by atoms with Gasteiger partial charge in [-0.15, -0.1) is 0 Å². The Kier molecular flexibility index (Phi) is 3.61. The zero-order valence-electron chi connectivity index (χ0n) is 9.93. The molecular formula is C11H16N4O3. The first-order valence-corrected chi connectivity index (χ1v) is 5.87. The van der Waals surface area contributed by atoms with Crippen LogP contribution in [0.2, 0.25) is 0 Å². The fourth-order valence-electron chi connectivity index (χ4n) is 2.12. The van der Waals surface area contributed by atoms with E-state index in [0.29, 0.717) is 13.0 Å². The maximum atomic E-state index is 12.0. The number of H-pyrrole nitrogens is 1. The molecule has 1 amide bonds. The second-order valence-corrected chi connectivity index (χ2v) is 4.30. The van der Waals surface area contributed by atoms with Gasteiger partial charge >= 0.3 is 5.97 Å². The summed E-state index contributed by atoms with van der Waals surface area (Å²) in [6, 6.07) is -0.828. The molecule has 7 heteroatoms. The van der Waals surface area contributed by atoms with Gasteiger partial charge in [0.2, 0.25) is 5.91 Å². The van der Waals surface area contributed by atoms with Crippen LogP contribution in [0.1, 0.15) is 24.2 Å². The summed E-state index contributed by atoms with van der Waals surface area (Å²) < 4.78 is 0. The molecule has 0 saturated heterocycles. The third-order valence-corrected chi connectivity index (χ3v) is 3.10. The van der Waals surface area contributed by atoms with Crippen LogP contribution in [0.5, 0.6) is 0 Å². The van der Waals surface area contributed by atoms with Gasteiger partial charge in [-0.3, -0.25) is 4.79 Å². The van der Waals surface area contributed by atoms with E-state index >= 15 is 0 Å². The second kappa shape index (κ2) is 5.18. The minimum Gasteiger partial charge on any atom is -0.480 e. The lowest BCUT2D eigenvalue weighted by Crippen LogP contribution is -2.48. The molecule has 7 nitrogen and oxygen atoms in total. The lowest BCUT2D eigenvalue weighted by Gasteiger charge is -2.32. The van der Waals surface area contributed by atoms with Crippen molar-refractivity contribution in [2.75, 3.05) is 6.54 Å². The molecule has 1 unspecified atom stereocenters. The largest absolute Gasteiger partial charge is 0.480 e. The third-order valence-electron chi connectivity index (χ3n) is 3.10. The van der Waals surface area contributed by atoms with Gasteiger partial charge in [0, 0.05) is 12.8 Å². The number of rotatable bonds is 4. The van der Waals surface area contributed by atoms with E-state index in [2.05, 4.69) is 9.97 Å². The van der Waals surface area contributed by atoms with Crippen molar-refractivity contribution in [2.45, 2.75) is 31.8 Å². The molecule has 4 N–H and O–H groups in total. The van der Waals surface area contributed by atoms with Crippen LogP contribution < -0.4 is 5.73 Å². The first kappa shape index (κ1) is 12.6. The Morgan fingerprint density at radius 3 is 3.06 bits per heavy atom. The van der Waals surface area contributed by atoms with Crippen molar-refractivity contribution in [1.82, 2.24) is 14.9 Å². The highest BCUT2D eigenvalue weighted by Crippen LogP contribution is 2.21. The summed E-state index contributed by atoms with van der Waals surface area (Å²) in [6.45, 7) is 0.697. The SMILES string of the molecule is NCCCC(=O)N1Cc2[nH]cnc2CC1C(=O)O. The number of nitrogens with zero attached hydrogens (tertiary/aromatic N) is 2. The number of aliphatic carboxylic acids is 1. The molecule has 0 bridgehead atoms. The number of aromatic amines is 1. The Bertz CT molecular complexity index is 457. The van der Waals surface area contributed by atoms with Crippen LogP contribution >= 0.6 is 0 Å². The van der Waals surface area contributed by atoms with Gasteiger partial charge in [0.15, 0.2) is 0 Å². The summed E-state index contributed by atoms with van der Waals surface area (Å²) in [4.78, 5) is 31.6. The summed E-state index contributed by atoms with van der Waals surface area (Å²) in [6.07, 6.45) is 2.63. The maximum absolute atomic E-state index is 12.0. The van der Waals surface area contributed by atoms with Crippen LogP contribution in [0.25, 0.3) is 0 Å². The monoisotopic (exact) mass is 252 g/mol. The zero-order chi connectivity index (χ0) is 13.1. The number of nitrogens with one attached hydrogen (secondary N) is 1. The fraction of sp³-hybridized carbons (Fsp3) is 0.545. The van der Waals surface area contributed by atoms with Crippen molar-refractivity contribution in [3.05, 3.63) is 17.7 Å². The number of hydrogen-bond donors (Lipinski definition) is 3. The van der Waals surface area contributed by atoms with E-state index < -0.39 is 12.0 Å². The first-order chi connectivity index (χ1) is 8.63. The lowest BCUT2D eigenvalue weighted by atomic mass is 10.0. The zero-order valence-corrected chi connectivity index (χ0v) is 9.93. The molecule has 2 rings (SSSR count). The van der Waals surface area contributed by atoms with Gasteiger partial charge in [0.1, 0.15) is 6.04 Å². The predicted molar refractivity (Wildman–Crippen MR) is 62.6 cm³/mol. The van der Waals surface area contributed by atoms with Crippen LogP contribution in [-0.2, 0) is 22.6 Å². The van der Waals surface area contributed by atoms with E-state index in [4.69, 9.17) is 5.73 Å². The smallest absolute Gasteiger partial charge is 0.326 e. The highest BCUT2D eigenvalue weighted by Gasteiger charge is 2.35. The molecule has 1 aliphatic rings. The van der Waals surface area contributed by atoms with E-state index in [-0.39, 0.29) is 25.3 Å². The quantitative estimate of drug-likeness (QED) is 0.668. The topological polar surface area (TPSA) is 112 Å². The Balaban J connectivity index is 2.17. The number of carboxylic acids is 1. The molecule has 0 spiro atoms. The Morgan fingerprint density at radius 1 is 1.61 bits per heavy atom. The van der Waals surface area contributed by atoms with Crippen LogP contribution in [0, 0.1) is 0 Å². The molecule has 1 atom stereocenters. The molecule has 0 aromatic carbocycles. The molecule has 18 heavy (non-hydrogen) atoms. The second-order valence-electron chi connectivity index (χ2n) is 4.30. The molecule has 1 aliphatic heterocycles. The van der Waals surface area contributed by atoms with E-state index in [9.17, 15) is 14.7 Å². The van der Waals surface area contributed by atoms with Crippen molar-refractivity contribution in [3.8, 4) is 0 Å². The van der Waals surface area contributed by atoms with Gasteiger partial charge in [0.05, 0.1) is 24.3 Å². The molecule has 98 valence electrons. The number of hydrogen-bond acceptors (Lipinski definition) is 4. The van der Waals surface area contributed by atoms with Crippen molar-refractivity contribution in [2.24, 2.45) is 5.73 Å². The maximum Gasteiger partial charge on any atom is 0.326 e. The Labute approximate surface area is 104 Å². The van der Waals surface area contributed by atoms with Crippen molar-refractivity contribution in [1.29, 1.82) is 0 Å². The summed E-state index contributed by atoms with van der Waals surface area (Å²) in [7, 11) is 0. The number of imidazole rings is 1. The summed E-state index contributed by atoms with van der Waals surface area (Å²) in [5, 5.41) is 9.19. The highest BCUT2D eigenvalue weighted by atomic mass is 16.4. The minimum absolute atomic E-state index is 0.173. The van der Waals surface area contributed by atoms with Crippen LogP contribution in [-0.4, -0.2) is 44.4 Å². The number of carbonyl (C=O) groups is 2. The summed E-state index contributed by atoms with van der Waals surface area (Å²) in [5.74, 6) is -1.17. The van der Waals surface area contributed by atoms with Crippen LogP contribution in [0.4, 0.5) is 0 Å². The van der Waals surface area contributed by atoms with Gasteiger partial charge in [0.25, 0.3) is 0 Å². The van der Waals surface area contributed by atoms with Gasteiger partial charge in [-0.2, -0.15) is 0 Å². The van der Waals surface area contributed by atoms with E-state index in [0.717, 1.165) is 11.4 Å².